The molecule has 66 heavy (non-hydrogen) atoms. The summed E-state index contributed by atoms with van der Waals surface area (Å²) in [6, 6.07) is 13.3. The van der Waals surface area contributed by atoms with Crippen LogP contribution in [0.2, 0.25) is 0 Å². The summed E-state index contributed by atoms with van der Waals surface area (Å²) in [4.78, 5) is 2.97. The van der Waals surface area contributed by atoms with Crippen LogP contribution in [0.5, 0.6) is 0 Å². The molecule has 0 spiro atoms. The molecule has 0 fully saturated rings. The Balaban J connectivity index is -0.000000882. The van der Waals surface area contributed by atoms with Crippen LogP contribution >= 0.6 is 37.9 Å². The Hall–Kier alpha value is -1.74. The van der Waals surface area contributed by atoms with Gasteiger partial charge in [-0.15, -0.1) is 37.9 Å². The van der Waals surface area contributed by atoms with Crippen molar-refractivity contribution in [1.29, 1.82) is 0 Å². The molecule has 12 heteroatoms. The van der Waals surface area contributed by atoms with Gasteiger partial charge in [-0.2, -0.15) is 0 Å². The highest BCUT2D eigenvalue weighted by atomic mass is 32.1. The Labute approximate surface area is 417 Å². The van der Waals surface area contributed by atoms with Crippen molar-refractivity contribution in [3.8, 4) is 0 Å². The second-order valence-corrected chi connectivity index (χ2v) is 22.7. The Morgan fingerprint density at radius 1 is 0.303 bits per heavy atom. The largest absolute Gasteiger partial charge is 0.374 e. The second-order valence-electron chi connectivity index (χ2n) is 21.3. The molecule has 3 aromatic carbocycles. The van der Waals surface area contributed by atoms with E-state index in [0.29, 0.717) is 39.6 Å². The van der Waals surface area contributed by atoms with Crippen LogP contribution in [0.4, 0.5) is 14.1 Å². The number of rotatable bonds is 18. The maximum atomic E-state index is 5.77. The lowest BCUT2D eigenvalue weighted by molar-refractivity contribution is 0.0596. The summed E-state index contributed by atoms with van der Waals surface area (Å²) < 4.78 is 34.6. The predicted octanol–water partition coefficient (Wildman–Crippen LogP) is 15.8. The molecule has 0 radical (unpaired) electrons. The Kier molecular flexibility index (Phi) is 32.7. The first-order chi connectivity index (χ1) is 28.8. The van der Waals surface area contributed by atoms with Crippen LogP contribution in [0.1, 0.15) is 195 Å². The lowest BCUT2D eigenvalue weighted by Crippen LogP contribution is -2.14. The van der Waals surface area contributed by atoms with Gasteiger partial charge in [-0.25, -0.2) is 0 Å². The number of benzene rings is 3. The maximum Gasteiger partial charge on any atom is 0.0731 e. The fourth-order valence-electron chi connectivity index (χ4n) is 5.78. The number of halogens is 3. The molecule has 3 aromatic rings. The summed E-state index contributed by atoms with van der Waals surface area (Å²) in [6.07, 6.45) is 1.29. The number of thiol groups is 3. The van der Waals surface area contributed by atoms with Gasteiger partial charge < -0.3 is 28.4 Å². The van der Waals surface area contributed by atoms with Crippen molar-refractivity contribution in [2.45, 2.75) is 253 Å². The summed E-state index contributed by atoms with van der Waals surface area (Å²) in [5.74, 6) is 0. The summed E-state index contributed by atoms with van der Waals surface area (Å²) in [5.41, 5.74) is 11.0. The third kappa shape index (κ3) is 26.3. The van der Waals surface area contributed by atoms with E-state index >= 15 is 0 Å². The molecule has 0 heterocycles. The second kappa shape index (κ2) is 31.5. The highest BCUT2D eigenvalue weighted by Gasteiger charge is 2.21. The molecule has 0 unspecified atom stereocenters. The van der Waals surface area contributed by atoms with Gasteiger partial charge in [0.1, 0.15) is 0 Å². The predicted molar refractivity (Wildman–Crippen MR) is 284 cm³/mol. The minimum Gasteiger partial charge on any atom is -0.374 e. The molecule has 0 aliphatic rings. The van der Waals surface area contributed by atoms with E-state index in [1.807, 2.05) is 0 Å². The molecule has 0 atom stereocenters. The van der Waals surface area contributed by atoms with E-state index in [1.165, 1.54) is 16.7 Å². The summed E-state index contributed by atoms with van der Waals surface area (Å²) in [7, 11) is 0. The zero-order valence-corrected chi connectivity index (χ0v) is 47.4. The first-order valence-electron chi connectivity index (χ1n) is 23.1. The number of hydrogen-bond acceptors (Lipinski definition) is 9. The SMILES string of the molecule is CC(C)OCc1cc(C(C)(C)C)cc(COC(C)C)c1S.CC(C)OCc1cc(C(C)(C)C)cc(COC(C)C)c1S.CC(C)OCc1cc(C(C)(C)C)cc(COC(C)C)c1S.F.F.F. The maximum absolute atomic E-state index is 5.77. The van der Waals surface area contributed by atoms with Gasteiger partial charge in [0, 0.05) is 14.7 Å². The highest BCUT2D eigenvalue weighted by Crippen LogP contribution is 2.33. The fraction of sp³-hybridized carbons (Fsp3) is 0.667. The van der Waals surface area contributed by atoms with Crippen molar-refractivity contribution in [1.82, 2.24) is 0 Å². The molecule has 0 bridgehead atoms. The summed E-state index contributed by atoms with van der Waals surface area (Å²) in [5, 5.41) is 0. The van der Waals surface area contributed by atoms with Crippen LogP contribution < -0.4 is 0 Å². The van der Waals surface area contributed by atoms with E-state index in [1.54, 1.807) is 0 Å². The summed E-state index contributed by atoms with van der Waals surface area (Å²) in [6.45, 7) is 48.2. The highest BCUT2D eigenvalue weighted by molar-refractivity contribution is 7.80. The standard InChI is InChI=1S/3C18H30O2S.3FH/c3*1-12(2)19-10-14-8-16(18(5,6)7)9-15(17(14)21)11-20-13(3)4;;;/h3*8-9,12-13,21H,10-11H2,1-7H3;3*1H. The minimum atomic E-state index is 0. The number of ether oxygens (including phenoxy) is 6. The molecule has 6 nitrogen and oxygen atoms in total. The van der Waals surface area contributed by atoms with Crippen LogP contribution in [0, 0.1) is 0 Å². The molecule has 0 aliphatic carbocycles. The Morgan fingerprint density at radius 3 is 0.515 bits per heavy atom. The average Bonchev–Trinajstić information content (AvgIpc) is 3.14. The zero-order chi connectivity index (χ0) is 48.6. The molecule has 0 aromatic heterocycles. The van der Waals surface area contributed by atoms with Gasteiger partial charge >= 0.3 is 0 Å². The average molecular weight is 992 g/mol. The molecule has 3 rings (SSSR count). The molecule has 0 saturated carbocycles. The van der Waals surface area contributed by atoms with Crippen LogP contribution in [0.25, 0.3) is 0 Å². The molecule has 384 valence electrons. The van der Waals surface area contributed by atoms with Crippen LogP contribution in [0.15, 0.2) is 51.1 Å². The first kappa shape index (κ1) is 68.5. The van der Waals surface area contributed by atoms with Crippen molar-refractivity contribution >= 4 is 37.9 Å². The van der Waals surface area contributed by atoms with Gasteiger partial charge in [0.05, 0.1) is 76.3 Å². The van der Waals surface area contributed by atoms with Gasteiger partial charge in [-0.3, -0.25) is 14.1 Å². The molecule has 0 N–H and O–H groups in total. The van der Waals surface area contributed by atoms with Crippen LogP contribution in [-0.4, -0.2) is 36.6 Å². The van der Waals surface area contributed by atoms with Crippen LogP contribution in [-0.2, 0) is 84.3 Å². The lowest BCUT2D eigenvalue weighted by atomic mass is 9.85. The van der Waals surface area contributed by atoms with Gasteiger partial charge in [-0.1, -0.05) is 98.7 Å². The smallest absolute Gasteiger partial charge is 0.0731 e. The van der Waals surface area contributed by atoms with Crippen molar-refractivity contribution in [3.63, 3.8) is 0 Å². The van der Waals surface area contributed by atoms with E-state index in [4.69, 9.17) is 66.3 Å². The molecular weight excluding hydrogens is 898 g/mol. The van der Waals surface area contributed by atoms with Gasteiger partial charge in [-0.05, 0) is 149 Å². The van der Waals surface area contributed by atoms with E-state index in [-0.39, 0.29) is 67.0 Å². The van der Waals surface area contributed by atoms with E-state index in [2.05, 4.69) is 182 Å². The Morgan fingerprint density at radius 2 is 0.424 bits per heavy atom. The van der Waals surface area contributed by atoms with Crippen molar-refractivity contribution in [3.05, 3.63) is 86.5 Å². The monoisotopic (exact) mass is 991 g/mol. The molecule has 0 amide bonds. The van der Waals surface area contributed by atoms with Crippen LogP contribution in [0.3, 0.4) is 0 Å². The summed E-state index contributed by atoms with van der Waals surface area (Å²) >= 11 is 14.1. The molecule has 0 saturated heterocycles. The topological polar surface area (TPSA) is 55.4 Å². The van der Waals surface area contributed by atoms with Gasteiger partial charge in [0.25, 0.3) is 0 Å². The normalized spacial score (nSPS) is 11.9. The van der Waals surface area contributed by atoms with Gasteiger partial charge in [0.15, 0.2) is 0 Å². The van der Waals surface area contributed by atoms with Gasteiger partial charge in [0.2, 0.25) is 0 Å². The minimum absolute atomic E-state index is 0. The van der Waals surface area contributed by atoms with E-state index in [0.717, 1.165) is 48.1 Å². The third-order valence-electron chi connectivity index (χ3n) is 9.83. The van der Waals surface area contributed by atoms with Crippen molar-refractivity contribution < 1.29 is 42.5 Å². The van der Waals surface area contributed by atoms with Crippen molar-refractivity contribution in [2.75, 3.05) is 0 Å². The molecule has 0 aliphatic heterocycles. The number of hydrogen-bond donors (Lipinski definition) is 3. The third-order valence-corrected chi connectivity index (χ3v) is 11.6. The Bertz CT molecular complexity index is 1500. The lowest BCUT2D eigenvalue weighted by Gasteiger charge is -2.23. The van der Waals surface area contributed by atoms with E-state index in [9.17, 15) is 0 Å². The zero-order valence-electron chi connectivity index (χ0n) is 44.7. The first-order valence-corrected chi connectivity index (χ1v) is 24.4. The molecular formula is C54H93F3O6S3. The van der Waals surface area contributed by atoms with Crippen molar-refractivity contribution in [2.24, 2.45) is 0 Å². The van der Waals surface area contributed by atoms with E-state index < -0.39 is 0 Å². The fourth-order valence-corrected chi connectivity index (χ4v) is 6.55. The quantitative estimate of drug-likeness (QED) is 0.110.